The van der Waals surface area contributed by atoms with Crippen molar-refractivity contribution in [3.8, 4) is 0 Å². The lowest BCUT2D eigenvalue weighted by molar-refractivity contribution is 0.180. The Morgan fingerprint density at radius 3 is 2.77 bits per heavy atom. The Hall–Kier alpha value is -0.570. The third-order valence-electron chi connectivity index (χ3n) is 1.99. The molecule has 0 aliphatic heterocycles. The summed E-state index contributed by atoms with van der Waals surface area (Å²) < 4.78 is 4.98. The van der Waals surface area contributed by atoms with Gasteiger partial charge in [0, 0.05) is 12.1 Å². The van der Waals surface area contributed by atoms with Crippen LogP contribution in [0.3, 0.4) is 0 Å². The van der Waals surface area contributed by atoms with Gasteiger partial charge in [0.25, 0.3) is 0 Å². The SMILES string of the molecule is COC[C@H](N)c1c(C)cccc1Cl. The second-order valence-electron chi connectivity index (χ2n) is 3.03. The van der Waals surface area contributed by atoms with Crippen molar-refractivity contribution < 1.29 is 4.74 Å². The molecule has 0 bridgehead atoms. The highest BCUT2D eigenvalue weighted by atomic mass is 35.5. The smallest absolute Gasteiger partial charge is 0.0656 e. The third-order valence-corrected chi connectivity index (χ3v) is 2.32. The van der Waals surface area contributed by atoms with Crippen LogP contribution in [0.5, 0.6) is 0 Å². The minimum atomic E-state index is -0.140. The van der Waals surface area contributed by atoms with Gasteiger partial charge in [-0.3, -0.25) is 0 Å². The van der Waals surface area contributed by atoms with E-state index in [4.69, 9.17) is 22.1 Å². The topological polar surface area (TPSA) is 35.2 Å². The first-order chi connectivity index (χ1) is 6.16. The molecule has 0 heterocycles. The maximum atomic E-state index is 6.02. The van der Waals surface area contributed by atoms with Crippen LogP contribution in [0.25, 0.3) is 0 Å². The molecule has 2 nitrogen and oxygen atoms in total. The number of rotatable bonds is 3. The number of hydrogen-bond donors (Lipinski definition) is 1. The van der Waals surface area contributed by atoms with Gasteiger partial charge >= 0.3 is 0 Å². The molecular weight excluding hydrogens is 186 g/mol. The first kappa shape index (κ1) is 10.5. The monoisotopic (exact) mass is 199 g/mol. The Labute approximate surface area is 83.6 Å². The van der Waals surface area contributed by atoms with E-state index in [9.17, 15) is 0 Å². The van der Waals surface area contributed by atoms with E-state index in [1.54, 1.807) is 7.11 Å². The van der Waals surface area contributed by atoms with E-state index in [1.807, 2.05) is 25.1 Å². The van der Waals surface area contributed by atoms with Crippen molar-refractivity contribution in [1.82, 2.24) is 0 Å². The molecule has 0 aliphatic rings. The molecule has 0 amide bonds. The summed E-state index contributed by atoms with van der Waals surface area (Å²) >= 11 is 6.02. The molecule has 72 valence electrons. The quantitative estimate of drug-likeness (QED) is 0.811. The van der Waals surface area contributed by atoms with Gasteiger partial charge in [0.15, 0.2) is 0 Å². The summed E-state index contributed by atoms with van der Waals surface area (Å²) in [7, 11) is 1.63. The second-order valence-corrected chi connectivity index (χ2v) is 3.44. The van der Waals surface area contributed by atoms with Crippen molar-refractivity contribution >= 4 is 11.6 Å². The average molecular weight is 200 g/mol. The molecule has 0 saturated carbocycles. The highest BCUT2D eigenvalue weighted by molar-refractivity contribution is 6.31. The zero-order valence-corrected chi connectivity index (χ0v) is 8.64. The zero-order chi connectivity index (χ0) is 9.84. The summed E-state index contributed by atoms with van der Waals surface area (Å²) in [5.41, 5.74) is 7.98. The van der Waals surface area contributed by atoms with Gasteiger partial charge in [-0.25, -0.2) is 0 Å². The van der Waals surface area contributed by atoms with Crippen LogP contribution in [-0.4, -0.2) is 13.7 Å². The molecule has 0 saturated heterocycles. The molecule has 1 atom stereocenters. The highest BCUT2D eigenvalue weighted by Crippen LogP contribution is 2.24. The summed E-state index contributed by atoms with van der Waals surface area (Å²) in [5, 5.41) is 0.713. The molecule has 0 aliphatic carbocycles. The molecule has 0 aromatic heterocycles. The van der Waals surface area contributed by atoms with Crippen molar-refractivity contribution in [1.29, 1.82) is 0 Å². The van der Waals surface area contributed by atoms with Gasteiger partial charge in [-0.15, -0.1) is 0 Å². The van der Waals surface area contributed by atoms with Gasteiger partial charge in [-0.05, 0) is 24.1 Å². The van der Waals surface area contributed by atoms with Gasteiger partial charge in [0.1, 0.15) is 0 Å². The molecule has 1 rings (SSSR count). The van der Waals surface area contributed by atoms with Crippen molar-refractivity contribution in [3.63, 3.8) is 0 Å². The van der Waals surface area contributed by atoms with E-state index < -0.39 is 0 Å². The minimum Gasteiger partial charge on any atom is -0.383 e. The van der Waals surface area contributed by atoms with Crippen LogP contribution < -0.4 is 5.73 Å². The van der Waals surface area contributed by atoms with Crippen LogP contribution in [0.15, 0.2) is 18.2 Å². The van der Waals surface area contributed by atoms with E-state index >= 15 is 0 Å². The lowest BCUT2D eigenvalue weighted by Gasteiger charge is -2.15. The van der Waals surface area contributed by atoms with Crippen LogP contribution in [0.1, 0.15) is 17.2 Å². The maximum absolute atomic E-state index is 6.02. The largest absolute Gasteiger partial charge is 0.383 e. The Morgan fingerprint density at radius 1 is 1.54 bits per heavy atom. The van der Waals surface area contributed by atoms with E-state index in [0.29, 0.717) is 11.6 Å². The standard InChI is InChI=1S/C10H14ClNO/c1-7-4-3-5-8(11)10(7)9(12)6-13-2/h3-5,9H,6,12H2,1-2H3/t9-/m0/s1. The number of methoxy groups -OCH3 is 1. The van der Waals surface area contributed by atoms with Crippen molar-refractivity contribution in [2.24, 2.45) is 5.73 Å². The molecule has 0 radical (unpaired) electrons. The molecular formula is C10H14ClNO. The first-order valence-electron chi connectivity index (χ1n) is 4.16. The Morgan fingerprint density at radius 2 is 2.23 bits per heavy atom. The van der Waals surface area contributed by atoms with E-state index in [0.717, 1.165) is 11.1 Å². The highest BCUT2D eigenvalue weighted by Gasteiger charge is 2.11. The van der Waals surface area contributed by atoms with Gasteiger partial charge in [-0.2, -0.15) is 0 Å². The molecule has 1 aromatic rings. The lowest BCUT2D eigenvalue weighted by Crippen LogP contribution is -2.17. The average Bonchev–Trinajstić information content (AvgIpc) is 2.04. The normalized spacial score (nSPS) is 12.9. The summed E-state index contributed by atoms with van der Waals surface area (Å²) in [6.07, 6.45) is 0. The van der Waals surface area contributed by atoms with E-state index in [-0.39, 0.29) is 6.04 Å². The number of benzene rings is 1. The number of nitrogens with two attached hydrogens (primary N) is 1. The van der Waals surface area contributed by atoms with Crippen molar-refractivity contribution in [2.75, 3.05) is 13.7 Å². The summed E-state index contributed by atoms with van der Waals surface area (Å²) in [6, 6.07) is 5.62. The molecule has 3 heteroatoms. The summed E-state index contributed by atoms with van der Waals surface area (Å²) in [6.45, 7) is 2.49. The fourth-order valence-corrected chi connectivity index (χ4v) is 1.74. The predicted octanol–water partition coefficient (Wildman–Crippen LogP) is 2.29. The number of halogens is 1. The molecule has 0 unspecified atom stereocenters. The van der Waals surface area contributed by atoms with Crippen molar-refractivity contribution in [2.45, 2.75) is 13.0 Å². The van der Waals surface area contributed by atoms with Crippen LogP contribution >= 0.6 is 11.6 Å². The molecule has 0 fully saturated rings. The number of ether oxygens (including phenoxy) is 1. The third kappa shape index (κ3) is 2.44. The number of hydrogen-bond acceptors (Lipinski definition) is 2. The maximum Gasteiger partial charge on any atom is 0.0656 e. The van der Waals surface area contributed by atoms with Gasteiger partial charge in [0.2, 0.25) is 0 Å². The molecule has 2 N–H and O–H groups in total. The zero-order valence-electron chi connectivity index (χ0n) is 7.88. The molecule has 1 aromatic carbocycles. The van der Waals surface area contributed by atoms with Gasteiger partial charge in [-0.1, -0.05) is 23.7 Å². The van der Waals surface area contributed by atoms with Crippen LogP contribution in [-0.2, 0) is 4.74 Å². The Balaban J connectivity index is 2.98. The van der Waals surface area contributed by atoms with Gasteiger partial charge < -0.3 is 10.5 Å². The lowest BCUT2D eigenvalue weighted by atomic mass is 10.0. The fraction of sp³-hybridized carbons (Fsp3) is 0.400. The molecule has 0 spiro atoms. The van der Waals surface area contributed by atoms with Crippen molar-refractivity contribution in [3.05, 3.63) is 34.3 Å². The van der Waals surface area contributed by atoms with Crippen LogP contribution in [0.4, 0.5) is 0 Å². The second kappa shape index (κ2) is 4.61. The van der Waals surface area contributed by atoms with E-state index in [2.05, 4.69) is 0 Å². The van der Waals surface area contributed by atoms with Crippen LogP contribution in [0.2, 0.25) is 5.02 Å². The minimum absolute atomic E-state index is 0.140. The van der Waals surface area contributed by atoms with E-state index in [1.165, 1.54) is 0 Å². The fourth-order valence-electron chi connectivity index (χ4n) is 1.38. The predicted molar refractivity (Wildman–Crippen MR) is 55.0 cm³/mol. The summed E-state index contributed by atoms with van der Waals surface area (Å²) in [4.78, 5) is 0. The van der Waals surface area contributed by atoms with Gasteiger partial charge in [0.05, 0.1) is 12.6 Å². The summed E-state index contributed by atoms with van der Waals surface area (Å²) in [5.74, 6) is 0. The van der Waals surface area contributed by atoms with Crippen LogP contribution in [0, 0.1) is 6.92 Å². The molecule has 13 heavy (non-hydrogen) atoms. The number of aryl methyl sites for hydroxylation is 1. The Kier molecular flexibility index (Phi) is 3.72. The first-order valence-corrected chi connectivity index (χ1v) is 4.54. The Bertz CT molecular complexity index is 268.